The summed E-state index contributed by atoms with van der Waals surface area (Å²) in [5.41, 5.74) is -0.458. The van der Waals surface area contributed by atoms with E-state index in [1.54, 1.807) is 24.3 Å². The van der Waals surface area contributed by atoms with Crippen LogP contribution < -0.4 is 29.6 Å². The number of sulfonamides is 1. The van der Waals surface area contributed by atoms with Gasteiger partial charge in [0.1, 0.15) is 23.1 Å². The summed E-state index contributed by atoms with van der Waals surface area (Å²) in [7, 11) is -2.28. The highest BCUT2D eigenvalue weighted by atomic mass is 32.2. The molecular weight excluding hydrogens is 629 g/mol. The van der Waals surface area contributed by atoms with Gasteiger partial charge in [-0.1, -0.05) is 6.08 Å². The number of benzene rings is 2. The minimum Gasteiger partial charge on any atom is -0.497 e. The summed E-state index contributed by atoms with van der Waals surface area (Å²) in [5, 5.41) is 6.61. The van der Waals surface area contributed by atoms with Crippen LogP contribution in [0.25, 0.3) is 22.0 Å². The Bertz CT molecular complexity index is 1800. The Morgan fingerprint density at radius 2 is 1.83 bits per heavy atom. The summed E-state index contributed by atoms with van der Waals surface area (Å²) in [6.45, 7) is 3.98. The van der Waals surface area contributed by atoms with E-state index in [0.29, 0.717) is 40.6 Å². The number of nitrogens with one attached hydrogen (secondary N) is 3. The first kappa shape index (κ1) is 31.6. The van der Waals surface area contributed by atoms with E-state index >= 15 is 0 Å². The predicted molar refractivity (Wildman–Crippen MR) is 160 cm³/mol. The van der Waals surface area contributed by atoms with Crippen LogP contribution in [0.4, 0.5) is 13.2 Å². The van der Waals surface area contributed by atoms with Gasteiger partial charge in [0.25, 0.3) is 5.91 Å². The molecule has 0 unspecified atom stereocenters. The van der Waals surface area contributed by atoms with E-state index in [-0.39, 0.29) is 31.0 Å². The summed E-state index contributed by atoms with van der Waals surface area (Å²) in [6.07, 6.45) is -2.38. The molecule has 1 aliphatic heterocycles. The molecule has 2 amide bonds. The van der Waals surface area contributed by atoms with Gasteiger partial charge in [0.15, 0.2) is 0 Å². The third-order valence-corrected chi connectivity index (χ3v) is 10.1. The minimum absolute atomic E-state index is 0.218. The Morgan fingerprint density at radius 3 is 2.46 bits per heavy atom. The van der Waals surface area contributed by atoms with Crippen LogP contribution in [0, 0.1) is 5.92 Å². The van der Waals surface area contributed by atoms with Gasteiger partial charge in [-0.05, 0) is 73.2 Å². The van der Waals surface area contributed by atoms with Gasteiger partial charge in [-0.3, -0.25) is 14.3 Å². The van der Waals surface area contributed by atoms with Crippen LogP contribution >= 0.6 is 0 Å². The second-order valence-electron chi connectivity index (χ2n) is 11.6. The maximum atomic E-state index is 13.3. The molecular formula is C31H31F3N4O7S. The lowest BCUT2D eigenvalue weighted by Gasteiger charge is -2.21. The molecule has 2 saturated carbocycles. The first-order valence-electron chi connectivity index (χ1n) is 14.6. The van der Waals surface area contributed by atoms with Crippen molar-refractivity contribution in [3.05, 3.63) is 61.2 Å². The van der Waals surface area contributed by atoms with Crippen LogP contribution in [-0.4, -0.2) is 68.2 Å². The minimum atomic E-state index is -4.82. The Morgan fingerprint density at radius 1 is 1.11 bits per heavy atom. The first-order chi connectivity index (χ1) is 21.8. The number of carbonyl (C=O) groups excluding carboxylic acids is 2. The number of pyridine rings is 1. The van der Waals surface area contributed by atoms with Gasteiger partial charge in [-0.2, -0.15) is 0 Å². The van der Waals surface area contributed by atoms with Gasteiger partial charge in [-0.15, -0.1) is 19.8 Å². The number of alkyl halides is 3. The fraction of sp³-hybridized carbons (Fsp3) is 0.387. The summed E-state index contributed by atoms with van der Waals surface area (Å²) in [6, 6.07) is 11.6. The number of carbonyl (C=O) groups is 2. The topological polar surface area (TPSA) is 145 Å². The largest absolute Gasteiger partial charge is 0.573 e. The van der Waals surface area contributed by atoms with Gasteiger partial charge >= 0.3 is 6.36 Å². The van der Waals surface area contributed by atoms with Gasteiger partial charge in [0, 0.05) is 29.8 Å². The molecule has 2 aromatic carbocycles. The molecule has 3 aliphatic rings. The van der Waals surface area contributed by atoms with Crippen LogP contribution in [0.3, 0.4) is 0 Å². The SMILES string of the molecule is C=C[C@@H]1C[C@]1(NC(=O)[C@@H]1C[C@@H](Oc2nc(-c3ccc(OC(F)(F)F)cc3)cc3cc(OC)ccc23)CN1)C(=O)NS(=O)(=O)C1CC1. The average Bonchev–Trinajstić information content (AvgIpc) is 3.93. The van der Waals surface area contributed by atoms with Gasteiger partial charge < -0.3 is 24.8 Å². The van der Waals surface area contributed by atoms with E-state index in [9.17, 15) is 31.2 Å². The number of methoxy groups -OCH3 is 1. The van der Waals surface area contributed by atoms with E-state index in [0.717, 1.165) is 0 Å². The summed E-state index contributed by atoms with van der Waals surface area (Å²) in [4.78, 5) is 31.0. The molecule has 46 heavy (non-hydrogen) atoms. The van der Waals surface area contributed by atoms with E-state index < -0.39 is 57.1 Å². The quantitative estimate of drug-likeness (QED) is 0.263. The molecule has 2 aliphatic carbocycles. The number of amides is 2. The number of aromatic nitrogens is 1. The van der Waals surface area contributed by atoms with E-state index in [1.165, 1.54) is 37.5 Å². The Kier molecular flexibility index (Phi) is 8.09. The maximum Gasteiger partial charge on any atom is 0.573 e. The van der Waals surface area contributed by atoms with E-state index in [1.807, 2.05) is 0 Å². The molecule has 15 heteroatoms. The zero-order chi connectivity index (χ0) is 32.9. The van der Waals surface area contributed by atoms with Crippen LogP contribution in [0.2, 0.25) is 0 Å². The molecule has 3 N–H and O–H groups in total. The number of nitrogens with zero attached hydrogens (tertiary/aromatic N) is 1. The molecule has 11 nitrogen and oxygen atoms in total. The molecule has 0 radical (unpaired) electrons. The van der Waals surface area contributed by atoms with Gasteiger partial charge in [0.05, 0.1) is 24.1 Å². The summed E-state index contributed by atoms with van der Waals surface area (Å²) < 4.78 is 80.4. The fourth-order valence-electron chi connectivity index (χ4n) is 5.57. The van der Waals surface area contributed by atoms with Crippen molar-refractivity contribution in [2.45, 2.75) is 55.0 Å². The van der Waals surface area contributed by atoms with Crippen molar-refractivity contribution in [2.24, 2.45) is 5.92 Å². The lowest BCUT2D eigenvalue weighted by molar-refractivity contribution is -0.274. The van der Waals surface area contributed by atoms with Crippen molar-refractivity contribution in [2.75, 3.05) is 13.7 Å². The first-order valence-corrected chi connectivity index (χ1v) is 16.1. The number of halogens is 3. The molecule has 3 fully saturated rings. The molecule has 1 aromatic heterocycles. The van der Waals surface area contributed by atoms with Crippen molar-refractivity contribution in [3.63, 3.8) is 0 Å². The van der Waals surface area contributed by atoms with Crippen molar-refractivity contribution in [1.82, 2.24) is 20.3 Å². The van der Waals surface area contributed by atoms with Gasteiger partial charge in [0.2, 0.25) is 21.8 Å². The van der Waals surface area contributed by atoms with Crippen LogP contribution in [0.1, 0.15) is 25.7 Å². The second kappa shape index (κ2) is 11.8. The molecule has 1 saturated heterocycles. The molecule has 4 atom stereocenters. The lowest BCUT2D eigenvalue weighted by Crippen LogP contribution is -2.55. The van der Waals surface area contributed by atoms with Crippen LogP contribution in [-0.2, 0) is 19.6 Å². The summed E-state index contributed by atoms with van der Waals surface area (Å²) in [5.74, 6) is -1.22. The molecule has 0 bridgehead atoms. The standard InChI is InChI=1S/C31H31F3N4O7S/c1-3-19-15-30(19,29(40)38-46(41,42)23-9-10-23)37-27(39)26-14-22(16-35-26)44-28-24-11-8-21(43-2)12-18(24)13-25(36-28)17-4-6-20(7-5-17)45-31(32,33)34/h3-8,11-13,19,22-23,26,35H,1,9-10,14-16H2,2H3,(H,37,39)(H,38,40)/t19-,22-,26+,30-/m1/s1. The normalized spacial score (nSPS) is 24.2. The molecule has 2 heterocycles. The summed E-state index contributed by atoms with van der Waals surface area (Å²) >= 11 is 0. The highest BCUT2D eigenvalue weighted by Gasteiger charge is 2.61. The van der Waals surface area contributed by atoms with E-state index in [4.69, 9.17) is 9.47 Å². The average molecular weight is 661 g/mol. The number of hydrogen-bond acceptors (Lipinski definition) is 9. The third-order valence-electron chi connectivity index (χ3n) is 8.32. The lowest BCUT2D eigenvalue weighted by atomic mass is 10.1. The smallest absolute Gasteiger partial charge is 0.497 e. The highest BCUT2D eigenvalue weighted by Crippen LogP contribution is 2.45. The molecule has 3 aromatic rings. The second-order valence-corrected chi connectivity index (χ2v) is 13.6. The Balaban J connectivity index is 1.18. The Hall–Kier alpha value is -4.37. The predicted octanol–water partition coefficient (Wildman–Crippen LogP) is 3.59. The molecule has 0 spiro atoms. The fourth-order valence-corrected chi connectivity index (χ4v) is 6.93. The number of rotatable bonds is 11. The van der Waals surface area contributed by atoms with Gasteiger partial charge in [-0.25, -0.2) is 13.4 Å². The van der Waals surface area contributed by atoms with Crippen molar-refractivity contribution in [1.29, 1.82) is 0 Å². The van der Waals surface area contributed by atoms with Crippen molar-refractivity contribution >= 4 is 32.6 Å². The number of fused-ring (bicyclic) bond motifs is 1. The highest BCUT2D eigenvalue weighted by molar-refractivity contribution is 7.91. The van der Waals surface area contributed by atoms with Crippen LogP contribution in [0.5, 0.6) is 17.4 Å². The van der Waals surface area contributed by atoms with Crippen molar-refractivity contribution < 1.29 is 45.4 Å². The van der Waals surface area contributed by atoms with Crippen LogP contribution in [0.15, 0.2) is 61.2 Å². The molecule has 6 rings (SSSR count). The number of ether oxygens (including phenoxy) is 3. The number of hydrogen-bond donors (Lipinski definition) is 3. The maximum absolute atomic E-state index is 13.3. The Labute approximate surface area is 262 Å². The van der Waals surface area contributed by atoms with E-state index in [2.05, 4.69) is 31.7 Å². The zero-order valence-electron chi connectivity index (χ0n) is 24.6. The van der Waals surface area contributed by atoms with Crippen molar-refractivity contribution in [3.8, 4) is 28.6 Å². The monoisotopic (exact) mass is 660 g/mol. The third kappa shape index (κ3) is 6.60. The zero-order valence-corrected chi connectivity index (χ0v) is 25.4. The molecule has 244 valence electrons.